The summed E-state index contributed by atoms with van der Waals surface area (Å²) in [5, 5.41) is 7.09. The zero-order chi connectivity index (χ0) is 44.6. The van der Waals surface area contributed by atoms with Crippen LogP contribution in [0.15, 0.2) is 241 Å². The third kappa shape index (κ3) is 6.32. The van der Waals surface area contributed by atoms with Crippen molar-refractivity contribution in [2.75, 3.05) is 4.90 Å². The van der Waals surface area contributed by atoms with Gasteiger partial charge in [0, 0.05) is 33.1 Å². The van der Waals surface area contributed by atoms with Gasteiger partial charge < -0.3 is 9.32 Å². The second-order valence-electron chi connectivity index (χ2n) is 18.4. The van der Waals surface area contributed by atoms with Crippen molar-refractivity contribution in [3.05, 3.63) is 248 Å². The molecule has 0 amide bonds. The predicted molar refractivity (Wildman–Crippen MR) is 283 cm³/mol. The molecule has 1 aliphatic rings. The Morgan fingerprint density at radius 1 is 0.328 bits per heavy atom. The second-order valence-corrected chi connectivity index (χ2v) is 18.4. The molecule has 0 aliphatic heterocycles. The Labute approximate surface area is 390 Å². The van der Waals surface area contributed by atoms with Crippen molar-refractivity contribution in [3.63, 3.8) is 0 Å². The van der Waals surface area contributed by atoms with Crippen LogP contribution in [0.1, 0.15) is 25.0 Å². The van der Waals surface area contributed by atoms with Crippen molar-refractivity contribution >= 4 is 60.5 Å². The third-order valence-electron chi connectivity index (χ3n) is 14.2. The van der Waals surface area contributed by atoms with E-state index in [0.29, 0.717) is 0 Å². The van der Waals surface area contributed by atoms with Crippen LogP contribution < -0.4 is 4.90 Å². The Bertz CT molecular complexity index is 3900. The molecule has 0 unspecified atom stereocenters. The molecule has 2 nitrogen and oxygen atoms in total. The van der Waals surface area contributed by atoms with Crippen LogP contribution in [0.3, 0.4) is 0 Å². The maximum atomic E-state index is 6.34. The summed E-state index contributed by atoms with van der Waals surface area (Å²) in [7, 11) is 0. The topological polar surface area (TPSA) is 16.4 Å². The van der Waals surface area contributed by atoms with E-state index in [0.717, 1.165) is 61.3 Å². The Morgan fingerprint density at radius 3 is 1.72 bits per heavy atom. The molecule has 67 heavy (non-hydrogen) atoms. The first-order chi connectivity index (χ1) is 33.0. The minimum Gasteiger partial charge on any atom is -0.456 e. The number of hydrogen-bond donors (Lipinski definition) is 0. The number of fused-ring (bicyclic) bond motifs is 8. The largest absolute Gasteiger partial charge is 0.456 e. The summed E-state index contributed by atoms with van der Waals surface area (Å²) >= 11 is 0. The Morgan fingerprint density at radius 2 is 0.910 bits per heavy atom. The number of para-hydroxylation sites is 1. The molecule has 0 spiro atoms. The summed E-state index contributed by atoms with van der Waals surface area (Å²) in [6.45, 7) is 4.75. The standard InChI is InChI=1S/C65H45NO/c1-65(2)59-30-12-10-25-53(59)54-35-34-48(41-60(54)65)66(49-38-46(42-17-4-3-5-18-42)37-47(39-49)45-33-36-63-58(40-45)55-26-11-13-32-62(55)67-63)61-31-16-29-57(52-27-14-21-43-19-6-8-23-50(43)52)64(61)56-28-15-22-44-20-7-9-24-51(44)56/h3-41H,1-2H3. The van der Waals surface area contributed by atoms with Crippen LogP contribution in [-0.4, -0.2) is 0 Å². The van der Waals surface area contributed by atoms with Crippen LogP contribution in [0, 0.1) is 0 Å². The van der Waals surface area contributed by atoms with Crippen molar-refractivity contribution in [2.45, 2.75) is 19.3 Å². The molecule has 0 radical (unpaired) electrons. The molecule has 1 aromatic heterocycles. The van der Waals surface area contributed by atoms with Crippen LogP contribution in [-0.2, 0) is 5.41 Å². The smallest absolute Gasteiger partial charge is 0.135 e. The van der Waals surface area contributed by atoms with Crippen molar-refractivity contribution in [1.29, 1.82) is 0 Å². The SMILES string of the molecule is CC1(C)c2ccccc2-c2ccc(N(c3cc(-c4ccccc4)cc(-c4ccc5oc6ccccc6c5c4)c3)c3cccc(-c4cccc5ccccc45)c3-c3cccc4ccccc34)cc21. The van der Waals surface area contributed by atoms with Gasteiger partial charge in [0.25, 0.3) is 0 Å². The van der Waals surface area contributed by atoms with Gasteiger partial charge in [0.05, 0.1) is 5.69 Å². The van der Waals surface area contributed by atoms with Crippen LogP contribution in [0.25, 0.3) is 99.1 Å². The van der Waals surface area contributed by atoms with E-state index in [1.165, 1.54) is 66.1 Å². The molecule has 12 aromatic rings. The lowest BCUT2D eigenvalue weighted by Crippen LogP contribution is -2.17. The van der Waals surface area contributed by atoms with Crippen LogP contribution >= 0.6 is 0 Å². The van der Waals surface area contributed by atoms with Crippen molar-refractivity contribution in [1.82, 2.24) is 0 Å². The van der Waals surface area contributed by atoms with Crippen LogP contribution in [0.2, 0.25) is 0 Å². The molecular weight excluding hydrogens is 811 g/mol. The molecule has 0 fully saturated rings. The summed E-state index contributed by atoms with van der Waals surface area (Å²) < 4.78 is 6.34. The van der Waals surface area contributed by atoms with Gasteiger partial charge in [-0.3, -0.25) is 0 Å². The molecule has 13 rings (SSSR count). The number of anilines is 3. The fraction of sp³-hybridized carbons (Fsp3) is 0.0462. The average Bonchev–Trinajstić information content (AvgIpc) is 3.87. The molecule has 11 aromatic carbocycles. The average molecular weight is 856 g/mol. The van der Waals surface area contributed by atoms with Gasteiger partial charge in [-0.15, -0.1) is 0 Å². The van der Waals surface area contributed by atoms with Gasteiger partial charge in [-0.1, -0.05) is 196 Å². The quantitative estimate of drug-likeness (QED) is 0.159. The summed E-state index contributed by atoms with van der Waals surface area (Å²) in [6.07, 6.45) is 0. The molecule has 1 aliphatic carbocycles. The highest BCUT2D eigenvalue weighted by Gasteiger charge is 2.36. The van der Waals surface area contributed by atoms with E-state index in [9.17, 15) is 0 Å². The molecule has 1 heterocycles. The normalized spacial score (nSPS) is 12.7. The Balaban J connectivity index is 1.14. The Hall–Kier alpha value is -8.46. The molecule has 0 bridgehead atoms. The first kappa shape index (κ1) is 39.0. The molecular formula is C65H45NO. The van der Waals surface area contributed by atoms with E-state index in [1.807, 2.05) is 6.07 Å². The van der Waals surface area contributed by atoms with Gasteiger partial charge >= 0.3 is 0 Å². The zero-order valence-corrected chi connectivity index (χ0v) is 37.4. The van der Waals surface area contributed by atoms with E-state index >= 15 is 0 Å². The highest BCUT2D eigenvalue weighted by atomic mass is 16.3. The van der Waals surface area contributed by atoms with E-state index in [4.69, 9.17) is 4.42 Å². The van der Waals surface area contributed by atoms with Crippen molar-refractivity contribution in [3.8, 4) is 55.6 Å². The number of hydrogen-bond acceptors (Lipinski definition) is 2. The van der Waals surface area contributed by atoms with Crippen molar-refractivity contribution in [2.24, 2.45) is 0 Å². The summed E-state index contributed by atoms with van der Waals surface area (Å²) in [6, 6.07) is 86.9. The third-order valence-corrected chi connectivity index (χ3v) is 14.2. The van der Waals surface area contributed by atoms with Gasteiger partial charge in [-0.25, -0.2) is 0 Å². The lowest BCUT2D eigenvalue weighted by molar-refractivity contribution is 0.660. The highest BCUT2D eigenvalue weighted by molar-refractivity contribution is 6.10. The minimum atomic E-state index is -0.198. The van der Waals surface area contributed by atoms with E-state index in [-0.39, 0.29) is 5.41 Å². The van der Waals surface area contributed by atoms with Crippen LogP contribution in [0.5, 0.6) is 0 Å². The van der Waals surface area contributed by atoms with E-state index < -0.39 is 0 Å². The van der Waals surface area contributed by atoms with Gasteiger partial charge in [0.1, 0.15) is 11.2 Å². The number of rotatable bonds is 7. The van der Waals surface area contributed by atoms with E-state index in [1.54, 1.807) is 0 Å². The molecule has 0 saturated carbocycles. The van der Waals surface area contributed by atoms with E-state index in [2.05, 4.69) is 249 Å². The first-order valence-electron chi connectivity index (χ1n) is 23.2. The monoisotopic (exact) mass is 855 g/mol. The van der Waals surface area contributed by atoms with Gasteiger partial charge in [-0.2, -0.15) is 0 Å². The summed E-state index contributed by atoms with van der Waals surface area (Å²) in [4.78, 5) is 2.53. The number of nitrogens with zero attached hydrogens (tertiary/aromatic N) is 1. The first-order valence-corrected chi connectivity index (χ1v) is 23.2. The molecule has 0 saturated heterocycles. The maximum Gasteiger partial charge on any atom is 0.135 e. The van der Waals surface area contributed by atoms with Gasteiger partial charge in [0.15, 0.2) is 0 Å². The lowest BCUT2D eigenvalue weighted by Gasteiger charge is -2.32. The fourth-order valence-electron chi connectivity index (χ4n) is 11.0. The van der Waals surface area contributed by atoms with Crippen molar-refractivity contribution < 1.29 is 4.42 Å². The summed E-state index contributed by atoms with van der Waals surface area (Å²) in [5.74, 6) is 0. The fourth-order valence-corrected chi connectivity index (χ4v) is 11.0. The molecule has 316 valence electrons. The minimum absolute atomic E-state index is 0.198. The van der Waals surface area contributed by atoms with Gasteiger partial charge in [-0.05, 0) is 137 Å². The Kier molecular flexibility index (Phi) is 8.91. The maximum absolute atomic E-state index is 6.34. The number of benzene rings is 11. The molecule has 0 atom stereocenters. The lowest BCUT2D eigenvalue weighted by atomic mass is 9.82. The highest BCUT2D eigenvalue weighted by Crippen LogP contribution is 2.53. The van der Waals surface area contributed by atoms with Crippen LogP contribution in [0.4, 0.5) is 17.1 Å². The number of furan rings is 1. The molecule has 2 heteroatoms. The molecule has 0 N–H and O–H groups in total. The van der Waals surface area contributed by atoms with Gasteiger partial charge in [0.2, 0.25) is 0 Å². The second kappa shape index (κ2) is 15.3. The summed E-state index contributed by atoms with van der Waals surface area (Å²) in [5.41, 5.74) is 19.4. The zero-order valence-electron chi connectivity index (χ0n) is 37.4. The predicted octanol–water partition coefficient (Wildman–Crippen LogP) is 18.3.